The molecule has 5 nitrogen and oxygen atoms in total. The van der Waals surface area contributed by atoms with Crippen LogP contribution >= 0.6 is 24.0 Å². The Labute approximate surface area is 74.3 Å². The van der Waals surface area contributed by atoms with E-state index in [1.807, 2.05) is 0 Å². The zero-order valence-electron chi connectivity index (χ0n) is 5.41. The van der Waals surface area contributed by atoms with E-state index in [9.17, 15) is 0 Å². The molecule has 0 radical (unpaired) electrons. The van der Waals surface area contributed by atoms with Gasteiger partial charge in [0.25, 0.3) is 0 Å². The van der Waals surface area contributed by atoms with Crippen LogP contribution in [0.1, 0.15) is 0 Å². The van der Waals surface area contributed by atoms with E-state index in [0.717, 1.165) is 0 Å². The quantitative estimate of drug-likeness (QED) is 0.517. The van der Waals surface area contributed by atoms with Crippen molar-refractivity contribution in [1.82, 2.24) is 9.97 Å². The summed E-state index contributed by atoms with van der Waals surface area (Å²) in [5.74, 6) is 0.134. The summed E-state index contributed by atoms with van der Waals surface area (Å²) in [6.07, 6.45) is 0. The second-order valence-electron chi connectivity index (χ2n) is 1.67. The zero-order chi connectivity index (χ0) is 7.72. The highest BCUT2D eigenvalue weighted by atomic mass is 35.5. The molecule has 0 unspecified atom stereocenters. The fourth-order valence-corrected chi connectivity index (χ4v) is 0.659. The van der Waals surface area contributed by atoms with Gasteiger partial charge in [0.2, 0.25) is 5.95 Å². The van der Waals surface area contributed by atoms with Gasteiger partial charge in [-0.05, 0) is 0 Å². The molecule has 6 N–H and O–H groups in total. The standard InChI is InChI=1S/C4H6ClN5.ClH/c5-2-1(6)3(7)10-4(8)9-2;/h6H2,(H4,7,8,9,10);1H. The lowest BCUT2D eigenvalue weighted by Gasteiger charge is -2.00. The molecular weight excluding hydrogens is 189 g/mol. The third kappa shape index (κ3) is 1.99. The van der Waals surface area contributed by atoms with Gasteiger partial charge in [0, 0.05) is 0 Å². The number of halogens is 2. The normalized spacial score (nSPS) is 8.82. The van der Waals surface area contributed by atoms with Crippen LogP contribution in [0.2, 0.25) is 5.15 Å². The average Bonchev–Trinajstić information content (AvgIpc) is 1.82. The van der Waals surface area contributed by atoms with E-state index in [4.69, 9.17) is 28.8 Å². The molecule has 1 aromatic rings. The maximum atomic E-state index is 5.48. The van der Waals surface area contributed by atoms with E-state index in [0.29, 0.717) is 0 Å². The SMILES string of the molecule is Cl.Nc1nc(N)c(N)c(Cl)n1. The maximum absolute atomic E-state index is 5.48. The number of rotatable bonds is 0. The van der Waals surface area contributed by atoms with Crippen molar-refractivity contribution in [3.8, 4) is 0 Å². The van der Waals surface area contributed by atoms with Crippen molar-refractivity contribution in [1.29, 1.82) is 0 Å². The minimum absolute atomic E-state index is 0. The molecule has 0 bridgehead atoms. The van der Waals surface area contributed by atoms with Gasteiger partial charge in [-0.25, -0.2) is 0 Å². The molecule has 0 saturated carbocycles. The van der Waals surface area contributed by atoms with Crippen molar-refractivity contribution >= 4 is 41.5 Å². The molecule has 0 aliphatic carbocycles. The van der Waals surface area contributed by atoms with Gasteiger partial charge in [0.15, 0.2) is 11.0 Å². The molecule has 62 valence electrons. The Bertz CT molecular complexity index is 240. The summed E-state index contributed by atoms with van der Waals surface area (Å²) < 4.78 is 0. The molecule has 0 atom stereocenters. The largest absolute Gasteiger partial charge is 0.393 e. The zero-order valence-corrected chi connectivity index (χ0v) is 6.99. The number of hydrogen-bond donors (Lipinski definition) is 3. The van der Waals surface area contributed by atoms with Crippen LogP contribution in [0, 0.1) is 0 Å². The van der Waals surface area contributed by atoms with E-state index in [1.54, 1.807) is 0 Å². The van der Waals surface area contributed by atoms with Gasteiger partial charge in [-0.15, -0.1) is 12.4 Å². The second kappa shape index (κ2) is 3.45. The molecule has 0 aromatic carbocycles. The van der Waals surface area contributed by atoms with Gasteiger partial charge in [0.05, 0.1) is 0 Å². The number of nitrogen functional groups attached to an aromatic ring is 3. The Morgan fingerprint density at radius 1 is 1.09 bits per heavy atom. The van der Waals surface area contributed by atoms with Crippen LogP contribution in [-0.4, -0.2) is 9.97 Å². The van der Waals surface area contributed by atoms with Crippen molar-refractivity contribution in [3.05, 3.63) is 5.15 Å². The van der Waals surface area contributed by atoms with E-state index in [2.05, 4.69) is 9.97 Å². The van der Waals surface area contributed by atoms with Gasteiger partial charge in [-0.1, -0.05) is 11.6 Å². The molecule has 0 aliphatic heterocycles. The Morgan fingerprint density at radius 2 is 1.64 bits per heavy atom. The van der Waals surface area contributed by atoms with Crippen molar-refractivity contribution in [2.75, 3.05) is 17.2 Å². The molecular formula is C4H7Cl2N5. The summed E-state index contributed by atoms with van der Waals surface area (Å²) >= 11 is 5.48. The van der Waals surface area contributed by atoms with Crippen molar-refractivity contribution in [3.63, 3.8) is 0 Å². The van der Waals surface area contributed by atoms with Crippen molar-refractivity contribution < 1.29 is 0 Å². The topological polar surface area (TPSA) is 104 Å². The predicted molar refractivity (Wildman–Crippen MR) is 47.5 cm³/mol. The maximum Gasteiger partial charge on any atom is 0.223 e. The number of anilines is 3. The first kappa shape index (κ1) is 10.1. The number of aromatic nitrogens is 2. The van der Waals surface area contributed by atoms with Gasteiger partial charge in [-0.2, -0.15) is 9.97 Å². The molecule has 0 saturated heterocycles. The first-order chi connectivity index (χ1) is 4.61. The third-order valence-corrected chi connectivity index (χ3v) is 1.23. The lowest BCUT2D eigenvalue weighted by molar-refractivity contribution is 1.20. The summed E-state index contributed by atoms with van der Waals surface area (Å²) in [6, 6.07) is 0. The minimum Gasteiger partial charge on any atom is -0.393 e. The van der Waals surface area contributed by atoms with E-state index in [-0.39, 0.29) is 35.0 Å². The van der Waals surface area contributed by atoms with Crippen LogP contribution < -0.4 is 17.2 Å². The molecule has 1 heterocycles. The molecule has 11 heavy (non-hydrogen) atoms. The summed E-state index contributed by atoms with van der Waals surface area (Å²) in [5, 5.41) is 0.0880. The lowest BCUT2D eigenvalue weighted by Crippen LogP contribution is -2.04. The van der Waals surface area contributed by atoms with Crippen LogP contribution in [0.3, 0.4) is 0 Å². The Hall–Kier alpha value is -0.940. The first-order valence-corrected chi connectivity index (χ1v) is 2.83. The fourth-order valence-electron chi connectivity index (χ4n) is 0.475. The van der Waals surface area contributed by atoms with E-state index < -0.39 is 0 Å². The van der Waals surface area contributed by atoms with E-state index >= 15 is 0 Å². The number of nitrogens with zero attached hydrogens (tertiary/aromatic N) is 2. The molecule has 0 spiro atoms. The Balaban J connectivity index is 0.000001000. The summed E-state index contributed by atoms with van der Waals surface area (Å²) in [4.78, 5) is 7.13. The Kier molecular flexibility index (Phi) is 3.16. The third-order valence-electron chi connectivity index (χ3n) is 0.946. The number of nitrogens with two attached hydrogens (primary N) is 3. The minimum atomic E-state index is 0. The molecule has 0 fully saturated rings. The van der Waals surface area contributed by atoms with E-state index in [1.165, 1.54) is 0 Å². The smallest absolute Gasteiger partial charge is 0.223 e. The Morgan fingerprint density at radius 3 is 2.09 bits per heavy atom. The molecule has 1 rings (SSSR count). The average molecular weight is 196 g/mol. The van der Waals surface area contributed by atoms with Gasteiger partial charge in [0.1, 0.15) is 5.69 Å². The second-order valence-corrected chi connectivity index (χ2v) is 2.03. The predicted octanol–water partition coefficient (Wildman–Crippen LogP) is 0.298. The van der Waals surface area contributed by atoms with Crippen molar-refractivity contribution in [2.24, 2.45) is 0 Å². The van der Waals surface area contributed by atoms with Gasteiger partial charge < -0.3 is 17.2 Å². The fraction of sp³-hybridized carbons (Fsp3) is 0. The highest BCUT2D eigenvalue weighted by Crippen LogP contribution is 2.20. The monoisotopic (exact) mass is 195 g/mol. The highest BCUT2D eigenvalue weighted by molar-refractivity contribution is 6.32. The number of hydrogen-bond acceptors (Lipinski definition) is 5. The van der Waals surface area contributed by atoms with Crippen LogP contribution in [0.25, 0.3) is 0 Å². The summed E-state index contributed by atoms with van der Waals surface area (Å²) in [5.41, 5.74) is 15.9. The van der Waals surface area contributed by atoms with Crippen LogP contribution in [0.5, 0.6) is 0 Å². The molecule has 0 aliphatic rings. The molecule has 0 amide bonds. The molecule has 7 heteroatoms. The van der Waals surface area contributed by atoms with Crippen LogP contribution in [-0.2, 0) is 0 Å². The highest BCUT2D eigenvalue weighted by Gasteiger charge is 2.03. The van der Waals surface area contributed by atoms with Crippen LogP contribution in [0.4, 0.5) is 17.5 Å². The molecule has 1 aromatic heterocycles. The lowest BCUT2D eigenvalue weighted by atomic mass is 10.5. The van der Waals surface area contributed by atoms with Crippen LogP contribution in [0.15, 0.2) is 0 Å². The summed E-state index contributed by atoms with van der Waals surface area (Å²) in [6.45, 7) is 0. The van der Waals surface area contributed by atoms with Crippen molar-refractivity contribution in [2.45, 2.75) is 0 Å². The summed E-state index contributed by atoms with van der Waals surface area (Å²) in [7, 11) is 0. The van der Waals surface area contributed by atoms with Gasteiger partial charge in [-0.3, -0.25) is 0 Å². The van der Waals surface area contributed by atoms with Gasteiger partial charge >= 0.3 is 0 Å². The first-order valence-electron chi connectivity index (χ1n) is 2.45.